The molecule has 2 aliphatic rings. The molecular formula is C23H28F3N3O. The van der Waals surface area contributed by atoms with Gasteiger partial charge in [0.2, 0.25) is 0 Å². The van der Waals surface area contributed by atoms with Crippen molar-refractivity contribution in [3.05, 3.63) is 59.7 Å². The van der Waals surface area contributed by atoms with Crippen molar-refractivity contribution in [2.75, 3.05) is 13.2 Å². The van der Waals surface area contributed by atoms with Gasteiger partial charge in [-0.25, -0.2) is 0 Å². The molecule has 0 radical (unpaired) electrons. The fourth-order valence-corrected chi connectivity index (χ4v) is 5.14. The summed E-state index contributed by atoms with van der Waals surface area (Å²) in [7, 11) is 0. The van der Waals surface area contributed by atoms with Gasteiger partial charge in [0.15, 0.2) is 0 Å². The van der Waals surface area contributed by atoms with Crippen molar-refractivity contribution in [1.29, 1.82) is 0 Å². The molecule has 1 saturated heterocycles. The Morgan fingerprint density at radius 2 is 1.90 bits per heavy atom. The van der Waals surface area contributed by atoms with Gasteiger partial charge in [-0.1, -0.05) is 18.9 Å². The smallest absolute Gasteiger partial charge is 0.375 e. The van der Waals surface area contributed by atoms with Gasteiger partial charge in [-0.05, 0) is 61.9 Å². The second kappa shape index (κ2) is 8.63. The van der Waals surface area contributed by atoms with Crippen LogP contribution < -0.4 is 5.32 Å². The van der Waals surface area contributed by atoms with Crippen LogP contribution in [0.3, 0.4) is 0 Å². The van der Waals surface area contributed by atoms with E-state index in [2.05, 4.69) is 21.4 Å². The standard InChI is InChI=1S/C23H28F3N3O/c24-23(25,26)20-12-18(14-29-16-20)13-28-10-7-21(19-4-3-9-27-15-19)8-11-30-22(17-21)5-1-2-6-22/h3-4,9,12,14-16,28H,1-2,5-8,10-11,13,17H2/t21-/m1/s1. The number of hydrogen-bond acceptors (Lipinski definition) is 4. The van der Waals surface area contributed by atoms with E-state index in [1.54, 1.807) is 6.20 Å². The Balaban J connectivity index is 1.43. The molecule has 1 atom stereocenters. The molecule has 4 nitrogen and oxygen atoms in total. The molecule has 30 heavy (non-hydrogen) atoms. The van der Waals surface area contributed by atoms with Gasteiger partial charge in [0.1, 0.15) is 0 Å². The number of ether oxygens (including phenoxy) is 1. The van der Waals surface area contributed by atoms with E-state index in [-0.39, 0.29) is 11.0 Å². The lowest BCUT2D eigenvalue weighted by Gasteiger charge is -2.47. The zero-order valence-corrected chi connectivity index (χ0v) is 17.0. The average molecular weight is 419 g/mol. The highest BCUT2D eigenvalue weighted by atomic mass is 19.4. The molecule has 0 amide bonds. The fraction of sp³-hybridized carbons (Fsp3) is 0.565. The van der Waals surface area contributed by atoms with E-state index in [4.69, 9.17) is 4.74 Å². The van der Waals surface area contributed by atoms with Gasteiger partial charge >= 0.3 is 6.18 Å². The Labute approximate surface area is 175 Å². The third-order valence-electron chi connectivity index (χ3n) is 6.67. The zero-order valence-electron chi connectivity index (χ0n) is 17.0. The van der Waals surface area contributed by atoms with Crippen LogP contribution >= 0.6 is 0 Å². The third kappa shape index (κ3) is 4.67. The molecule has 2 fully saturated rings. The second-order valence-corrected chi connectivity index (χ2v) is 8.69. The number of alkyl halides is 3. The first-order valence-corrected chi connectivity index (χ1v) is 10.7. The summed E-state index contributed by atoms with van der Waals surface area (Å²) in [6.45, 7) is 1.81. The average Bonchev–Trinajstić information content (AvgIpc) is 3.19. The van der Waals surface area contributed by atoms with Gasteiger partial charge in [-0.2, -0.15) is 13.2 Å². The highest BCUT2D eigenvalue weighted by molar-refractivity contribution is 5.25. The molecule has 3 heterocycles. The number of halogens is 3. The summed E-state index contributed by atoms with van der Waals surface area (Å²) in [5, 5.41) is 3.33. The zero-order chi connectivity index (χ0) is 21.1. The predicted molar refractivity (Wildman–Crippen MR) is 108 cm³/mol. The molecule has 0 aromatic carbocycles. The van der Waals surface area contributed by atoms with E-state index in [9.17, 15) is 13.2 Å². The van der Waals surface area contributed by atoms with Crippen molar-refractivity contribution in [2.45, 2.75) is 68.7 Å². The summed E-state index contributed by atoms with van der Waals surface area (Å²) >= 11 is 0. The Kier molecular flexibility index (Phi) is 6.11. The van der Waals surface area contributed by atoms with Gasteiger partial charge in [-0.3, -0.25) is 9.97 Å². The molecule has 1 aliphatic heterocycles. The number of aromatic nitrogens is 2. The summed E-state index contributed by atoms with van der Waals surface area (Å²) in [4.78, 5) is 8.10. The highest BCUT2D eigenvalue weighted by Gasteiger charge is 2.47. The first-order chi connectivity index (χ1) is 14.4. The summed E-state index contributed by atoms with van der Waals surface area (Å²) in [5.41, 5.74) is 1.03. The minimum atomic E-state index is -4.37. The van der Waals surface area contributed by atoms with Gasteiger partial charge in [0.05, 0.1) is 11.2 Å². The van der Waals surface area contributed by atoms with Gasteiger partial charge in [0.25, 0.3) is 0 Å². The molecule has 1 spiro atoms. The number of nitrogens with one attached hydrogen (secondary N) is 1. The van der Waals surface area contributed by atoms with Crippen molar-refractivity contribution >= 4 is 0 Å². The second-order valence-electron chi connectivity index (χ2n) is 8.69. The van der Waals surface area contributed by atoms with Crippen molar-refractivity contribution < 1.29 is 17.9 Å². The molecule has 0 unspecified atom stereocenters. The van der Waals surface area contributed by atoms with Crippen molar-refractivity contribution in [3.8, 4) is 0 Å². The van der Waals surface area contributed by atoms with Crippen LogP contribution in [0.25, 0.3) is 0 Å². The first kappa shape index (κ1) is 21.2. The van der Waals surface area contributed by atoms with Crippen LogP contribution in [-0.2, 0) is 22.9 Å². The minimum absolute atomic E-state index is 0.0179. The van der Waals surface area contributed by atoms with Crippen molar-refractivity contribution in [2.24, 2.45) is 0 Å². The van der Waals surface area contributed by atoms with E-state index < -0.39 is 11.7 Å². The summed E-state index contributed by atoms with van der Waals surface area (Å²) in [6.07, 6.45) is 9.20. The van der Waals surface area contributed by atoms with Gasteiger partial charge < -0.3 is 10.1 Å². The Bertz CT molecular complexity index is 837. The molecule has 4 rings (SSSR count). The monoisotopic (exact) mass is 419 g/mol. The molecule has 1 N–H and O–H groups in total. The van der Waals surface area contributed by atoms with Crippen molar-refractivity contribution in [3.63, 3.8) is 0 Å². The molecule has 0 bridgehead atoms. The maximum atomic E-state index is 12.9. The maximum absolute atomic E-state index is 12.9. The summed E-state index contributed by atoms with van der Waals surface area (Å²) in [6, 6.07) is 5.30. The molecule has 2 aromatic rings. The SMILES string of the molecule is FC(F)(F)c1cncc(CNCC[C@@]2(c3cccnc3)CCOC3(CCCC3)C2)c1. The van der Waals surface area contributed by atoms with E-state index in [0.29, 0.717) is 18.7 Å². The summed E-state index contributed by atoms with van der Waals surface area (Å²) < 4.78 is 45.0. The van der Waals surface area contributed by atoms with Crippen LogP contribution in [0.4, 0.5) is 13.2 Å². The van der Waals surface area contributed by atoms with E-state index in [1.165, 1.54) is 30.7 Å². The van der Waals surface area contributed by atoms with Crippen LogP contribution in [0.5, 0.6) is 0 Å². The molecule has 1 saturated carbocycles. The quantitative estimate of drug-likeness (QED) is 0.667. The fourth-order valence-electron chi connectivity index (χ4n) is 5.14. The van der Waals surface area contributed by atoms with Crippen molar-refractivity contribution in [1.82, 2.24) is 15.3 Å². The molecular weight excluding hydrogens is 391 g/mol. The molecule has 7 heteroatoms. The van der Waals surface area contributed by atoms with Crippen LogP contribution in [-0.4, -0.2) is 28.7 Å². The molecule has 2 aromatic heterocycles. The van der Waals surface area contributed by atoms with Crippen LogP contribution in [0.1, 0.15) is 61.6 Å². The minimum Gasteiger partial charge on any atom is -0.375 e. The lowest BCUT2D eigenvalue weighted by atomic mass is 9.66. The number of hydrogen-bond donors (Lipinski definition) is 1. The summed E-state index contributed by atoms with van der Waals surface area (Å²) in [5.74, 6) is 0. The molecule has 1 aliphatic carbocycles. The Morgan fingerprint density at radius 3 is 2.63 bits per heavy atom. The van der Waals surface area contributed by atoms with Gasteiger partial charge in [-0.15, -0.1) is 0 Å². The predicted octanol–water partition coefficient (Wildman–Crippen LogP) is 5.04. The van der Waals surface area contributed by atoms with E-state index in [1.807, 2.05) is 12.3 Å². The largest absolute Gasteiger partial charge is 0.417 e. The number of rotatable bonds is 6. The first-order valence-electron chi connectivity index (χ1n) is 10.7. The maximum Gasteiger partial charge on any atom is 0.417 e. The number of pyridine rings is 2. The lowest BCUT2D eigenvalue weighted by molar-refractivity contribution is -0.137. The third-order valence-corrected chi connectivity index (χ3v) is 6.67. The Hall–Kier alpha value is -1.99. The van der Waals surface area contributed by atoms with E-state index >= 15 is 0 Å². The normalized spacial score (nSPS) is 23.7. The van der Waals surface area contributed by atoms with Crippen LogP contribution in [0.15, 0.2) is 43.0 Å². The Morgan fingerprint density at radius 1 is 1.07 bits per heavy atom. The van der Waals surface area contributed by atoms with Crippen LogP contribution in [0, 0.1) is 0 Å². The topological polar surface area (TPSA) is 47.0 Å². The van der Waals surface area contributed by atoms with E-state index in [0.717, 1.165) is 44.9 Å². The molecule has 162 valence electrons. The van der Waals surface area contributed by atoms with Gasteiger partial charge in [0, 0.05) is 43.4 Å². The lowest BCUT2D eigenvalue weighted by Crippen LogP contribution is -2.47. The van der Waals surface area contributed by atoms with Crippen LogP contribution in [0.2, 0.25) is 0 Å². The highest BCUT2D eigenvalue weighted by Crippen LogP contribution is 2.49. The number of nitrogens with zero attached hydrogens (tertiary/aromatic N) is 2.